The van der Waals surface area contributed by atoms with Crippen LogP contribution in [-0.2, 0) is 4.74 Å². The second kappa shape index (κ2) is 7.87. The second-order valence-corrected chi connectivity index (χ2v) is 7.31. The summed E-state index contributed by atoms with van der Waals surface area (Å²) in [5.41, 5.74) is 0.479. The van der Waals surface area contributed by atoms with Crippen molar-refractivity contribution in [3.63, 3.8) is 0 Å². The van der Waals surface area contributed by atoms with Gasteiger partial charge in [0.1, 0.15) is 23.6 Å². The normalized spacial score (nSPS) is 17.1. The quantitative estimate of drug-likeness (QED) is 0.855. The zero-order valence-electron chi connectivity index (χ0n) is 15.1. The Balaban J connectivity index is 2.19. The minimum Gasteiger partial charge on any atom is -0.444 e. The molecule has 138 valence electrons. The van der Waals surface area contributed by atoms with Crippen LogP contribution in [0.4, 0.5) is 9.18 Å². The van der Waals surface area contributed by atoms with Crippen LogP contribution < -0.4 is 5.32 Å². The van der Waals surface area contributed by atoms with Crippen LogP contribution in [0.1, 0.15) is 45.3 Å². The topological polar surface area (TPSA) is 61.8 Å². The summed E-state index contributed by atoms with van der Waals surface area (Å²) in [6, 6.07) is 4.81. The number of amides is 1. The number of halogens is 1. The predicted molar refractivity (Wildman–Crippen MR) is 94.5 cm³/mol. The Morgan fingerprint density at radius 3 is 2.36 bits per heavy atom. The molecule has 2 N–H and O–H groups in total. The van der Waals surface area contributed by atoms with Gasteiger partial charge in [-0.2, -0.15) is 0 Å². The predicted octanol–water partition coefficient (Wildman–Crippen LogP) is 3.36. The molecule has 1 saturated heterocycles. The van der Waals surface area contributed by atoms with E-state index < -0.39 is 23.8 Å². The number of aliphatic hydroxyl groups excluding tert-OH is 1. The number of nitrogens with zero attached hydrogens (tertiary/aromatic N) is 1. The standard InChI is InChI=1S/C19H27FN2O3/c1-13(22-11-5-6-12-22)16(21-18(24)25-19(2,3)4)17(23)14-7-9-15(20)10-8-14/h7-10,16-17,23H,1,5-6,11-12H2,2-4H3,(H,21,24)/t16-,17+/m0/s1. The van der Waals surface area contributed by atoms with Gasteiger partial charge in [0, 0.05) is 18.8 Å². The third-order valence-corrected chi connectivity index (χ3v) is 4.07. The molecule has 5 nitrogen and oxygen atoms in total. The largest absolute Gasteiger partial charge is 0.444 e. The number of benzene rings is 1. The van der Waals surface area contributed by atoms with Crippen molar-refractivity contribution in [2.75, 3.05) is 13.1 Å². The van der Waals surface area contributed by atoms with Crippen LogP contribution in [-0.4, -0.2) is 40.8 Å². The molecule has 0 aliphatic carbocycles. The van der Waals surface area contributed by atoms with E-state index in [1.807, 2.05) is 0 Å². The number of aliphatic hydroxyl groups is 1. The van der Waals surface area contributed by atoms with E-state index in [0.717, 1.165) is 25.9 Å². The van der Waals surface area contributed by atoms with Gasteiger partial charge in [-0.1, -0.05) is 18.7 Å². The molecule has 6 heteroatoms. The lowest BCUT2D eigenvalue weighted by Gasteiger charge is -2.32. The number of alkyl carbamates (subject to hydrolysis) is 1. The van der Waals surface area contributed by atoms with Crippen LogP contribution in [0.25, 0.3) is 0 Å². The number of ether oxygens (including phenoxy) is 1. The molecule has 1 amide bonds. The van der Waals surface area contributed by atoms with Crippen LogP contribution in [0.2, 0.25) is 0 Å². The van der Waals surface area contributed by atoms with Gasteiger partial charge in [0.2, 0.25) is 0 Å². The van der Waals surface area contributed by atoms with Gasteiger partial charge in [0.15, 0.2) is 0 Å². The second-order valence-electron chi connectivity index (χ2n) is 7.31. The maximum Gasteiger partial charge on any atom is 0.408 e. The molecular formula is C19H27FN2O3. The van der Waals surface area contributed by atoms with Crippen LogP contribution >= 0.6 is 0 Å². The van der Waals surface area contributed by atoms with Gasteiger partial charge in [0.05, 0.1) is 0 Å². The van der Waals surface area contributed by atoms with Crippen LogP contribution in [0.5, 0.6) is 0 Å². The lowest BCUT2D eigenvalue weighted by atomic mass is 9.99. The number of carbonyl (C=O) groups excluding carboxylic acids is 1. The van der Waals surface area contributed by atoms with Gasteiger partial charge in [-0.3, -0.25) is 0 Å². The first-order valence-corrected chi connectivity index (χ1v) is 8.54. The molecule has 0 aromatic heterocycles. The highest BCUT2D eigenvalue weighted by Crippen LogP contribution is 2.26. The fourth-order valence-corrected chi connectivity index (χ4v) is 2.83. The highest BCUT2D eigenvalue weighted by molar-refractivity contribution is 5.68. The molecule has 1 aromatic carbocycles. The SMILES string of the molecule is C=C([C@H](NC(=O)OC(C)(C)C)[C@H](O)c1ccc(F)cc1)N1CCCC1. The van der Waals surface area contributed by atoms with Crippen molar-refractivity contribution in [2.24, 2.45) is 0 Å². The Labute approximate surface area is 148 Å². The van der Waals surface area contributed by atoms with Gasteiger partial charge in [-0.15, -0.1) is 0 Å². The molecule has 0 spiro atoms. The van der Waals surface area contributed by atoms with E-state index in [2.05, 4.69) is 16.8 Å². The molecule has 2 rings (SSSR count). The van der Waals surface area contributed by atoms with Crippen molar-refractivity contribution in [3.05, 3.63) is 47.9 Å². The van der Waals surface area contributed by atoms with E-state index in [4.69, 9.17) is 4.74 Å². The average molecular weight is 350 g/mol. The third-order valence-electron chi connectivity index (χ3n) is 4.07. The molecule has 2 atom stereocenters. The molecule has 1 aliphatic rings. The van der Waals surface area contributed by atoms with Crippen LogP contribution in [0, 0.1) is 5.82 Å². The highest BCUT2D eigenvalue weighted by atomic mass is 19.1. The minimum atomic E-state index is -1.05. The minimum absolute atomic E-state index is 0.383. The van der Waals surface area contributed by atoms with E-state index in [0.29, 0.717) is 11.3 Å². The summed E-state index contributed by atoms with van der Waals surface area (Å²) in [7, 11) is 0. The highest BCUT2D eigenvalue weighted by Gasteiger charge is 2.31. The smallest absolute Gasteiger partial charge is 0.408 e. The fourth-order valence-electron chi connectivity index (χ4n) is 2.83. The van der Waals surface area contributed by atoms with Crippen molar-refractivity contribution >= 4 is 6.09 Å². The molecule has 0 radical (unpaired) electrons. The molecule has 1 aliphatic heterocycles. The first-order valence-electron chi connectivity index (χ1n) is 8.54. The molecule has 0 saturated carbocycles. The Bertz CT molecular complexity index is 604. The fraction of sp³-hybridized carbons (Fsp3) is 0.526. The maximum absolute atomic E-state index is 13.2. The molecule has 1 fully saturated rings. The monoisotopic (exact) mass is 350 g/mol. The number of nitrogens with one attached hydrogen (secondary N) is 1. The summed E-state index contributed by atoms with van der Waals surface area (Å²) in [5, 5.41) is 13.5. The Morgan fingerprint density at radius 2 is 1.84 bits per heavy atom. The zero-order chi connectivity index (χ0) is 18.6. The van der Waals surface area contributed by atoms with Crippen molar-refractivity contribution < 1.29 is 19.0 Å². The van der Waals surface area contributed by atoms with E-state index >= 15 is 0 Å². The van der Waals surface area contributed by atoms with Crippen LogP contribution in [0.15, 0.2) is 36.5 Å². The average Bonchev–Trinajstić information content (AvgIpc) is 3.05. The lowest BCUT2D eigenvalue weighted by molar-refractivity contribution is 0.0429. The van der Waals surface area contributed by atoms with Gasteiger partial charge in [-0.05, 0) is 51.3 Å². The van der Waals surface area contributed by atoms with Gasteiger partial charge in [-0.25, -0.2) is 9.18 Å². The van der Waals surface area contributed by atoms with Crippen molar-refractivity contribution in [1.29, 1.82) is 0 Å². The summed E-state index contributed by atoms with van der Waals surface area (Å²) >= 11 is 0. The summed E-state index contributed by atoms with van der Waals surface area (Å²) in [4.78, 5) is 14.3. The molecule has 0 bridgehead atoms. The summed E-state index contributed by atoms with van der Waals surface area (Å²) in [5.74, 6) is -0.383. The summed E-state index contributed by atoms with van der Waals surface area (Å²) in [6.45, 7) is 11.1. The summed E-state index contributed by atoms with van der Waals surface area (Å²) in [6.07, 6.45) is 0.413. The van der Waals surface area contributed by atoms with Crippen molar-refractivity contribution in [1.82, 2.24) is 10.2 Å². The molecular weight excluding hydrogens is 323 g/mol. The van der Waals surface area contributed by atoms with Gasteiger partial charge >= 0.3 is 6.09 Å². The molecule has 25 heavy (non-hydrogen) atoms. The van der Waals surface area contributed by atoms with Gasteiger partial charge in [0.25, 0.3) is 0 Å². The lowest BCUT2D eigenvalue weighted by Crippen LogP contribution is -2.46. The van der Waals surface area contributed by atoms with E-state index in [9.17, 15) is 14.3 Å². The maximum atomic E-state index is 13.2. The Morgan fingerprint density at radius 1 is 1.28 bits per heavy atom. The number of carbonyl (C=O) groups is 1. The number of hydrogen-bond donors (Lipinski definition) is 2. The number of hydrogen-bond acceptors (Lipinski definition) is 4. The Kier molecular flexibility index (Phi) is 6.06. The molecule has 1 aromatic rings. The Hall–Kier alpha value is -2.08. The summed E-state index contributed by atoms with van der Waals surface area (Å²) < 4.78 is 18.5. The van der Waals surface area contributed by atoms with E-state index in [1.165, 1.54) is 24.3 Å². The molecule has 1 heterocycles. The third kappa shape index (κ3) is 5.46. The molecule has 0 unspecified atom stereocenters. The van der Waals surface area contributed by atoms with Crippen molar-refractivity contribution in [3.8, 4) is 0 Å². The first kappa shape index (κ1) is 19.2. The van der Waals surface area contributed by atoms with Crippen LogP contribution in [0.3, 0.4) is 0 Å². The van der Waals surface area contributed by atoms with E-state index in [-0.39, 0.29) is 5.82 Å². The van der Waals surface area contributed by atoms with Gasteiger partial charge < -0.3 is 20.1 Å². The zero-order valence-corrected chi connectivity index (χ0v) is 15.1. The van der Waals surface area contributed by atoms with E-state index in [1.54, 1.807) is 20.8 Å². The van der Waals surface area contributed by atoms with Crippen molar-refractivity contribution in [2.45, 2.75) is 51.4 Å². The first-order chi connectivity index (χ1) is 11.7. The number of likely N-dealkylation sites (tertiary alicyclic amines) is 1. The number of rotatable bonds is 5.